The van der Waals surface area contributed by atoms with Gasteiger partial charge in [0.05, 0.1) is 0 Å². The first-order chi connectivity index (χ1) is 9.37. The van der Waals surface area contributed by atoms with Gasteiger partial charge < -0.3 is 10.0 Å². The van der Waals surface area contributed by atoms with Crippen molar-refractivity contribution in [2.75, 3.05) is 6.54 Å². The van der Waals surface area contributed by atoms with Crippen molar-refractivity contribution >= 4 is 17.6 Å². The van der Waals surface area contributed by atoms with Crippen LogP contribution in [0.25, 0.3) is 0 Å². The highest BCUT2D eigenvalue weighted by Crippen LogP contribution is 2.29. The third-order valence-corrected chi connectivity index (χ3v) is 3.46. The van der Waals surface area contributed by atoms with E-state index in [1.165, 1.54) is 29.2 Å². The van der Waals surface area contributed by atoms with E-state index in [-0.39, 0.29) is 5.71 Å². The number of hydrogen-bond acceptors (Lipinski definition) is 3. The molecule has 0 aromatic heterocycles. The molecule has 106 valence electrons. The molecule has 1 atom stereocenters. The number of hydrogen-bond donors (Lipinski definition) is 1. The van der Waals surface area contributed by atoms with Crippen LogP contribution in [0.2, 0.25) is 0 Å². The van der Waals surface area contributed by atoms with Crippen molar-refractivity contribution < 1.29 is 19.1 Å². The second-order valence-electron chi connectivity index (χ2n) is 4.82. The molecule has 0 unspecified atom stereocenters. The Balaban J connectivity index is 2.40. The number of carbonyl (C=O) groups is 2. The zero-order chi connectivity index (χ0) is 14.9. The molecular formula is C14H15FN2O3. The van der Waals surface area contributed by atoms with Gasteiger partial charge in [0.25, 0.3) is 5.91 Å². The van der Waals surface area contributed by atoms with Crippen molar-refractivity contribution in [1.82, 2.24) is 4.90 Å². The largest absolute Gasteiger partial charge is 0.480 e. The third kappa shape index (κ3) is 2.41. The first kappa shape index (κ1) is 14.2. The van der Waals surface area contributed by atoms with Gasteiger partial charge in [-0.05, 0) is 37.6 Å². The molecule has 5 nitrogen and oxygen atoms in total. The number of halogens is 1. The summed E-state index contributed by atoms with van der Waals surface area (Å²) < 4.78 is 12.9. The lowest BCUT2D eigenvalue weighted by atomic mass is 10.1. The number of aliphatic carboxylic acids is 1. The molecule has 1 N–H and O–H groups in total. The number of nitrogens with zero attached hydrogens (tertiary/aromatic N) is 2. The Hall–Kier alpha value is -2.24. The van der Waals surface area contributed by atoms with Crippen molar-refractivity contribution in [3.8, 4) is 0 Å². The van der Waals surface area contributed by atoms with E-state index in [4.69, 9.17) is 5.11 Å². The van der Waals surface area contributed by atoms with E-state index >= 15 is 0 Å². The Morgan fingerprint density at radius 1 is 1.40 bits per heavy atom. The Morgan fingerprint density at radius 2 is 2.00 bits per heavy atom. The van der Waals surface area contributed by atoms with Crippen molar-refractivity contribution in [3.63, 3.8) is 0 Å². The summed E-state index contributed by atoms with van der Waals surface area (Å²) in [5.74, 6) is -1.93. The van der Waals surface area contributed by atoms with Crippen LogP contribution in [0.3, 0.4) is 0 Å². The van der Waals surface area contributed by atoms with Crippen LogP contribution in [0.1, 0.15) is 25.8 Å². The van der Waals surface area contributed by atoms with Crippen LogP contribution in [0.4, 0.5) is 4.39 Å². The molecule has 20 heavy (non-hydrogen) atoms. The molecule has 0 aliphatic carbocycles. The van der Waals surface area contributed by atoms with Gasteiger partial charge >= 0.3 is 5.97 Å². The van der Waals surface area contributed by atoms with Crippen LogP contribution >= 0.6 is 0 Å². The number of carbonyl (C=O) groups excluding carboxylic acids is 1. The van der Waals surface area contributed by atoms with Crippen LogP contribution < -0.4 is 0 Å². The summed E-state index contributed by atoms with van der Waals surface area (Å²) in [6.07, 6.45) is 0.497. The van der Waals surface area contributed by atoms with Gasteiger partial charge in [-0.1, -0.05) is 6.92 Å². The Labute approximate surface area is 115 Å². The fourth-order valence-corrected chi connectivity index (χ4v) is 2.14. The fourth-order valence-electron chi connectivity index (χ4n) is 2.14. The summed E-state index contributed by atoms with van der Waals surface area (Å²) in [6, 6.07) is 5.42. The van der Waals surface area contributed by atoms with Crippen molar-refractivity contribution in [1.29, 1.82) is 0 Å². The molecule has 1 aliphatic heterocycles. The quantitative estimate of drug-likeness (QED) is 0.910. The molecule has 1 heterocycles. The molecule has 0 spiro atoms. The van der Waals surface area contributed by atoms with Crippen LogP contribution in [0.5, 0.6) is 0 Å². The van der Waals surface area contributed by atoms with Gasteiger partial charge in [0.1, 0.15) is 23.7 Å². The molecule has 1 aliphatic rings. The van der Waals surface area contributed by atoms with Gasteiger partial charge in [0.15, 0.2) is 0 Å². The average Bonchev–Trinajstić information content (AvgIpc) is 2.65. The van der Waals surface area contributed by atoms with Crippen LogP contribution in [0, 0.1) is 5.82 Å². The van der Waals surface area contributed by atoms with Gasteiger partial charge in [0, 0.05) is 5.56 Å². The summed E-state index contributed by atoms with van der Waals surface area (Å²) in [4.78, 5) is 28.8. The highest BCUT2D eigenvalue weighted by molar-refractivity contribution is 6.46. The molecule has 0 radical (unpaired) electrons. The maximum Gasteiger partial charge on any atom is 0.323 e. The Bertz CT molecular complexity index is 583. The lowest BCUT2D eigenvalue weighted by Crippen LogP contribution is -2.47. The minimum Gasteiger partial charge on any atom is -0.480 e. The van der Waals surface area contributed by atoms with Crippen molar-refractivity contribution in [3.05, 3.63) is 35.6 Å². The van der Waals surface area contributed by atoms with E-state index in [2.05, 4.69) is 4.99 Å². The van der Waals surface area contributed by atoms with E-state index < -0.39 is 29.9 Å². The SMILES string of the molecule is CC[C@@]1(C)N=C(c2ccc(F)cc2)C(=O)N1CC(=O)O. The zero-order valence-electron chi connectivity index (χ0n) is 11.3. The van der Waals surface area contributed by atoms with E-state index in [0.29, 0.717) is 12.0 Å². The second-order valence-corrected chi connectivity index (χ2v) is 4.82. The van der Waals surface area contributed by atoms with Crippen LogP contribution in [-0.2, 0) is 9.59 Å². The first-order valence-electron chi connectivity index (χ1n) is 6.27. The van der Waals surface area contributed by atoms with Gasteiger partial charge in [-0.25, -0.2) is 4.39 Å². The highest BCUT2D eigenvalue weighted by Gasteiger charge is 2.43. The fraction of sp³-hybridized carbons (Fsp3) is 0.357. The standard InChI is InChI=1S/C14H15FN2O3/c1-3-14(2)16-12(9-4-6-10(15)7-5-9)13(20)17(14)8-11(18)19/h4-7H,3,8H2,1-2H3,(H,18,19)/t14-/m0/s1. The summed E-state index contributed by atoms with van der Waals surface area (Å²) in [5, 5.41) is 8.92. The molecule has 1 amide bonds. The minimum absolute atomic E-state index is 0.176. The highest BCUT2D eigenvalue weighted by atomic mass is 19.1. The zero-order valence-corrected chi connectivity index (χ0v) is 11.3. The maximum atomic E-state index is 12.9. The van der Waals surface area contributed by atoms with E-state index in [9.17, 15) is 14.0 Å². The summed E-state index contributed by atoms with van der Waals surface area (Å²) in [6.45, 7) is 3.14. The van der Waals surface area contributed by atoms with E-state index in [0.717, 1.165) is 0 Å². The molecular weight excluding hydrogens is 263 g/mol. The monoisotopic (exact) mass is 278 g/mol. The Morgan fingerprint density at radius 3 is 2.50 bits per heavy atom. The normalized spacial score (nSPS) is 22.1. The summed E-state index contributed by atoms with van der Waals surface area (Å²) in [7, 11) is 0. The summed E-state index contributed by atoms with van der Waals surface area (Å²) >= 11 is 0. The number of carboxylic acids is 1. The van der Waals surface area contributed by atoms with E-state index in [1.807, 2.05) is 6.92 Å². The van der Waals surface area contributed by atoms with Gasteiger partial charge in [0.2, 0.25) is 0 Å². The second kappa shape index (κ2) is 5.03. The molecule has 0 fully saturated rings. The van der Waals surface area contributed by atoms with E-state index in [1.54, 1.807) is 6.92 Å². The molecule has 6 heteroatoms. The number of benzene rings is 1. The number of carboxylic acid groups (broad SMARTS) is 1. The van der Waals surface area contributed by atoms with Crippen molar-refractivity contribution in [2.24, 2.45) is 4.99 Å². The topological polar surface area (TPSA) is 70.0 Å². The third-order valence-electron chi connectivity index (χ3n) is 3.46. The Kier molecular flexibility index (Phi) is 3.57. The molecule has 1 aromatic carbocycles. The predicted octanol–water partition coefficient (Wildman–Crippen LogP) is 1.67. The molecule has 2 rings (SSSR count). The van der Waals surface area contributed by atoms with Gasteiger partial charge in [-0.2, -0.15) is 0 Å². The lowest BCUT2D eigenvalue weighted by molar-refractivity contribution is -0.144. The number of rotatable bonds is 4. The number of amides is 1. The van der Waals surface area contributed by atoms with Gasteiger partial charge in [-0.3, -0.25) is 14.6 Å². The van der Waals surface area contributed by atoms with Crippen LogP contribution in [-0.4, -0.2) is 39.8 Å². The number of aliphatic imine (C=N–C) groups is 1. The molecule has 1 aromatic rings. The lowest BCUT2D eigenvalue weighted by Gasteiger charge is -2.30. The minimum atomic E-state index is -1.09. The molecule has 0 saturated heterocycles. The van der Waals surface area contributed by atoms with Gasteiger partial charge in [-0.15, -0.1) is 0 Å². The maximum absolute atomic E-state index is 12.9. The molecule has 0 bridgehead atoms. The van der Waals surface area contributed by atoms with Crippen molar-refractivity contribution in [2.45, 2.75) is 25.9 Å². The summed E-state index contributed by atoms with van der Waals surface area (Å²) in [5.41, 5.74) is -0.210. The first-order valence-corrected chi connectivity index (χ1v) is 6.27. The van der Waals surface area contributed by atoms with Crippen LogP contribution in [0.15, 0.2) is 29.3 Å². The average molecular weight is 278 g/mol. The molecule has 0 saturated carbocycles. The smallest absolute Gasteiger partial charge is 0.323 e. The predicted molar refractivity (Wildman–Crippen MR) is 71.0 cm³/mol.